The van der Waals surface area contributed by atoms with Gasteiger partial charge in [-0.1, -0.05) is 0 Å². The van der Waals surface area contributed by atoms with Crippen LogP contribution in [-0.2, 0) is 0 Å². The molecule has 0 spiro atoms. The predicted octanol–water partition coefficient (Wildman–Crippen LogP) is 0.826. The standard InChI is InChI=1S/C15H18FN7O/c16-10-7-18-3-1-11(10)22-12-5-14(20-6-9(12)15(17)24)23-13-2-4-19-8-21-13/h2,4-6,8,10-11,18H,1,3,7H2,(H2,17,24)(H2,19,20,21,22,23)/t10-,11+/m0/s1. The van der Waals surface area contributed by atoms with Crippen molar-refractivity contribution in [3.05, 3.63) is 36.4 Å². The van der Waals surface area contributed by atoms with E-state index in [-0.39, 0.29) is 12.1 Å². The minimum atomic E-state index is -1.05. The SMILES string of the molecule is NC(=O)c1cnc(Nc2ccncn2)cc1N[C@@H]1CCNC[C@@H]1F. The van der Waals surface area contributed by atoms with Crippen molar-refractivity contribution in [1.82, 2.24) is 20.3 Å². The number of hydrogen-bond acceptors (Lipinski definition) is 7. The number of amides is 1. The van der Waals surface area contributed by atoms with Crippen LogP contribution in [0.1, 0.15) is 16.8 Å². The number of primary amides is 1. The highest BCUT2D eigenvalue weighted by atomic mass is 19.1. The summed E-state index contributed by atoms with van der Waals surface area (Å²) < 4.78 is 14.0. The summed E-state index contributed by atoms with van der Waals surface area (Å²) in [5, 5.41) is 9.06. The smallest absolute Gasteiger partial charge is 0.252 e. The molecule has 0 saturated carbocycles. The number of pyridine rings is 1. The molecule has 5 N–H and O–H groups in total. The Balaban J connectivity index is 1.84. The Morgan fingerprint density at radius 2 is 2.25 bits per heavy atom. The molecule has 3 heterocycles. The van der Waals surface area contributed by atoms with E-state index in [1.165, 1.54) is 12.5 Å². The van der Waals surface area contributed by atoms with Crippen LogP contribution in [-0.4, -0.2) is 46.2 Å². The van der Waals surface area contributed by atoms with Gasteiger partial charge in [0.15, 0.2) is 0 Å². The van der Waals surface area contributed by atoms with Crippen LogP contribution in [0.5, 0.6) is 0 Å². The summed E-state index contributed by atoms with van der Waals surface area (Å²) in [5.41, 5.74) is 6.06. The number of piperidine rings is 1. The van der Waals surface area contributed by atoms with E-state index >= 15 is 0 Å². The van der Waals surface area contributed by atoms with Gasteiger partial charge >= 0.3 is 0 Å². The molecule has 1 saturated heterocycles. The van der Waals surface area contributed by atoms with Crippen LogP contribution in [0.3, 0.4) is 0 Å². The Kier molecular flexibility index (Phi) is 4.80. The van der Waals surface area contributed by atoms with Gasteiger partial charge in [-0.3, -0.25) is 4.79 Å². The first-order valence-electron chi connectivity index (χ1n) is 7.57. The molecule has 1 aliphatic rings. The Bertz CT molecular complexity index is 712. The highest BCUT2D eigenvalue weighted by Crippen LogP contribution is 2.23. The molecule has 24 heavy (non-hydrogen) atoms. The summed E-state index contributed by atoms with van der Waals surface area (Å²) in [6.45, 7) is 0.988. The monoisotopic (exact) mass is 331 g/mol. The van der Waals surface area contributed by atoms with Gasteiger partial charge in [-0.25, -0.2) is 19.3 Å². The second-order valence-electron chi connectivity index (χ2n) is 5.46. The molecule has 1 fully saturated rings. The molecule has 8 nitrogen and oxygen atoms in total. The second-order valence-corrected chi connectivity index (χ2v) is 5.46. The van der Waals surface area contributed by atoms with E-state index in [1.807, 2.05) is 0 Å². The van der Waals surface area contributed by atoms with Crippen LogP contribution in [0.15, 0.2) is 30.9 Å². The molecule has 2 aromatic heterocycles. The van der Waals surface area contributed by atoms with Crippen molar-refractivity contribution in [2.45, 2.75) is 18.6 Å². The maximum absolute atomic E-state index is 14.0. The van der Waals surface area contributed by atoms with E-state index < -0.39 is 18.1 Å². The Morgan fingerprint density at radius 1 is 1.38 bits per heavy atom. The first-order chi connectivity index (χ1) is 11.6. The van der Waals surface area contributed by atoms with Crippen LogP contribution in [0, 0.1) is 0 Å². The van der Waals surface area contributed by atoms with Crippen molar-refractivity contribution >= 4 is 23.2 Å². The van der Waals surface area contributed by atoms with Crippen LogP contribution >= 0.6 is 0 Å². The Hall–Kier alpha value is -2.81. The zero-order valence-electron chi connectivity index (χ0n) is 12.9. The number of carbonyl (C=O) groups is 1. The Morgan fingerprint density at radius 3 is 2.96 bits per heavy atom. The van der Waals surface area contributed by atoms with E-state index in [0.29, 0.717) is 30.3 Å². The molecule has 1 amide bonds. The number of halogens is 1. The number of anilines is 3. The highest BCUT2D eigenvalue weighted by molar-refractivity contribution is 5.98. The zero-order chi connectivity index (χ0) is 16.9. The van der Waals surface area contributed by atoms with Crippen LogP contribution in [0.4, 0.5) is 21.7 Å². The molecule has 0 bridgehead atoms. The van der Waals surface area contributed by atoms with Gasteiger partial charge in [0, 0.05) is 25.0 Å². The van der Waals surface area contributed by atoms with Gasteiger partial charge in [0.2, 0.25) is 0 Å². The largest absolute Gasteiger partial charge is 0.378 e. The van der Waals surface area contributed by atoms with Gasteiger partial charge in [0.1, 0.15) is 24.1 Å². The van der Waals surface area contributed by atoms with E-state index in [4.69, 9.17) is 5.73 Å². The summed E-state index contributed by atoms with van der Waals surface area (Å²) in [6.07, 6.45) is 3.92. The van der Waals surface area contributed by atoms with Gasteiger partial charge in [-0.2, -0.15) is 0 Å². The van der Waals surface area contributed by atoms with Crippen molar-refractivity contribution in [3.8, 4) is 0 Å². The first-order valence-corrected chi connectivity index (χ1v) is 7.57. The van der Waals surface area contributed by atoms with Crippen molar-refractivity contribution < 1.29 is 9.18 Å². The summed E-state index contributed by atoms with van der Waals surface area (Å²) in [6, 6.07) is 2.91. The number of nitrogens with zero attached hydrogens (tertiary/aromatic N) is 3. The molecule has 0 aromatic carbocycles. The maximum Gasteiger partial charge on any atom is 0.252 e. The van der Waals surface area contributed by atoms with Crippen molar-refractivity contribution in [2.75, 3.05) is 23.7 Å². The minimum Gasteiger partial charge on any atom is -0.378 e. The maximum atomic E-state index is 14.0. The minimum absolute atomic E-state index is 0.217. The first kappa shape index (κ1) is 16.1. The lowest BCUT2D eigenvalue weighted by atomic mass is 10.0. The number of nitrogens with two attached hydrogens (primary N) is 1. The zero-order valence-corrected chi connectivity index (χ0v) is 12.9. The normalized spacial score (nSPS) is 20.4. The number of aromatic nitrogens is 3. The van der Waals surface area contributed by atoms with Gasteiger partial charge < -0.3 is 21.7 Å². The number of rotatable bonds is 5. The second kappa shape index (κ2) is 7.18. The lowest BCUT2D eigenvalue weighted by Crippen LogP contribution is -2.45. The lowest BCUT2D eigenvalue weighted by Gasteiger charge is -2.29. The number of alkyl halides is 1. The third-order valence-electron chi connectivity index (χ3n) is 3.76. The fraction of sp³-hybridized carbons (Fsp3) is 0.333. The fourth-order valence-corrected chi connectivity index (χ4v) is 2.52. The summed E-state index contributed by atoms with van der Waals surface area (Å²) >= 11 is 0. The molecular formula is C15H18FN7O. The number of hydrogen-bond donors (Lipinski definition) is 4. The van der Waals surface area contributed by atoms with Crippen molar-refractivity contribution in [3.63, 3.8) is 0 Å². The summed E-state index contributed by atoms with van der Waals surface area (Å²) in [7, 11) is 0. The molecule has 126 valence electrons. The number of carbonyl (C=O) groups excluding carboxylic acids is 1. The lowest BCUT2D eigenvalue weighted by molar-refractivity contribution is 0.100. The summed E-state index contributed by atoms with van der Waals surface area (Å²) in [5.74, 6) is 0.397. The van der Waals surface area contributed by atoms with Gasteiger partial charge in [0.25, 0.3) is 5.91 Å². The van der Waals surface area contributed by atoms with Gasteiger partial charge in [-0.15, -0.1) is 0 Å². The van der Waals surface area contributed by atoms with Gasteiger partial charge in [0.05, 0.1) is 17.3 Å². The van der Waals surface area contributed by atoms with E-state index in [9.17, 15) is 9.18 Å². The van der Waals surface area contributed by atoms with Crippen LogP contribution in [0.25, 0.3) is 0 Å². The Labute approximate surface area is 138 Å². The third kappa shape index (κ3) is 3.74. The number of nitrogens with one attached hydrogen (secondary N) is 3. The predicted molar refractivity (Wildman–Crippen MR) is 87.9 cm³/mol. The molecule has 9 heteroatoms. The molecule has 0 unspecified atom stereocenters. The molecule has 0 radical (unpaired) electrons. The molecule has 2 aromatic rings. The fourth-order valence-electron chi connectivity index (χ4n) is 2.52. The molecule has 1 aliphatic heterocycles. The summed E-state index contributed by atoms with van der Waals surface area (Å²) in [4.78, 5) is 23.6. The van der Waals surface area contributed by atoms with E-state index in [1.54, 1.807) is 18.3 Å². The van der Waals surface area contributed by atoms with Gasteiger partial charge in [-0.05, 0) is 19.0 Å². The average molecular weight is 331 g/mol. The average Bonchev–Trinajstić information content (AvgIpc) is 2.58. The van der Waals surface area contributed by atoms with Crippen LogP contribution < -0.4 is 21.7 Å². The van der Waals surface area contributed by atoms with E-state index in [2.05, 4.69) is 30.9 Å². The molecule has 3 rings (SSSR count). The highest BCUT2D eigenvalue weighted by Gasteiger charge is 2.25. The van der Waals surface area contributed by atoms with E-state index in [0.717, 1.165) is 0 Å². The topological polar surface area (TPSA) is 118 Å². The third-order valence-corrected chi connectivity index (χ3v) is 3.76. The van der Waals surface area contributed by atoms with Crippen molar-refractivity contribution in [2.24, 2.45) is 5.73 Å². The molecule has 2 atom stereocenters. The van der Waals surface area contributed by atoms with Crippen molar-refractivity contribution in [1.29, 1.82) is 0 Å². The quantitative estimate of drug-likeness (QED) is 0.641. The molecule has 0 aliphatic carbocycles. The van der Waals surface area contributed by atoms with Crippen LogP contribution in [0.2, 0.25) is 0 Å². The molecular weight excluding hydrogens is 313 g/mol.